The fourth-order valence-corrected chi connectivity index (χ4v) is 2.00. The number of aromatic amines is 1. The van der Waals surface area contributed by atoms with Gasteiger partial charge in [-0.05, 0) is 24.1 Å². The lowest BCUT2D eigenvalue weighted by atomic mass is 10.1. The number of anilines is 1. The van der Waals surface area contributed by atoms with Crippen molar-refractivity contribution in [3.8, 4) is 5.75 Å². The van der Waals surface area contributed by atoms with Gasteiger partial charge in [-0.3, -0.25) is 9.78 Å². The fraction of sp³-hybridized carbons (Fsp3) is 0.214. The molecule has 1 aromatic carbocycles. The summed E-state index contributed by atoms with van der Waals surface area (Å²) < 4.78 is 0.829. The molecule has 0 radical (unpaired) electrons. The minimum absolute atomic E-state index is 0.112. The first kappa shape index (κ1) is 15.2. The number of rotatable bonds is 4. The van der Waals surface area contributed by atoms with Gasteiger partial charge in [0, 0.05) is 16.1 Å². The van der Waals surface area contributed by atoms with Crippen LogP contribution in [0.1, 0.15) is 31.0 Å². The topological polar surface area (TPSA) is 90.4 Å². The van der Waals surface area contributed by atoms with Crippen LogP contribution in [0.25, 0.3) is 0 Å². The molecule has 2 aromatic rings. The Morgan fingerprint density at radius 2 is 2.19 bits per heavy atom. The number of nitrogens with zero attached hydrogens (tertiary/aromatic N) is 2. The molecular formula is C14H15BrN4O2. The molecule has 2 rings (SSSR count). The molecule has 0 saturated heterocycles. The first-order chi connectivity index (χ1) is 9.95. The van der Waals surface area contributed by atoms with E-state index < -0.39 is 0 Å². The van der Waals surface area contributed by atoms with Gasteiger partial charge in [0.05, 0.1) is 11.9 Å². The van der Waals surface area contributed by atoms with Gasteiger partial charge < -0.3 is 5.11 Å². The Bertz CT molecular complexity index is 725. The minimum atomic E-state index is -0.239. The zero-order valence-electron chi connectivity index (χ0n) is 11.6. The van der Waals surface area contributed by atoms with Crippen LogP contribution in [0.5, 0.6) is 5.75 Å². The Kier molecular flexibility index (Phi) is 4.74. The van der Waals surface area contributed by atoms with E-state index in [2.05, 4.69) is 36.4 Å². The number of hydrogen-bond donors (Lipinski definition) is 3. The zero-order valence-corrected chi connectivity index (χ0v) is 13.2. The van der Waals surface area contributed by atoms with Crippen LogP contribution < -0.4 is 11.0 Å². The molecule has 0 atom stereocenters. The number of H-pyrrole nitrogens is 1. The summed E-state index contributed by atoms with van der Waals surface area (Å²) in [4.78, 5) is 18.3. The lowest BCUT2D eigenvalue weighted by Crippen LogP contribution is -2.12. The summed E-state index contributed by atoms with van der Waals surface area (Å²) in [6.07, 6.45) is 1.45. The summed E-state index contributed by atoms with van der Waals surface area (Å²) in [7, 11) is 0. The molecule has 110 valence electrons. The highest BCUT2D eigenvalue weighted by molar-refractivity contribution is 9.10. The van der Waals surface area contributed by atoms with Crippen LogP contribution in [-0.2, 0) is 0 Å². The molecule has 21 heavy (non-hydrogen) atoms. The largest absolute Gasteiger partial charge is 0.507 e. The Labute approximate surface area is 130 Å². The predicted octanol–water partition coefficient (Wildman–Crippen LogP) is 2.81. The molecule has 7 heteroatoms. The van der Waals surface area contributed by atoms with E-state index in [9.17, 15) is 9.90 Å². The number of phenolic OH excluding ortho intramolecular Hbond substituents is 1. The molecule has 0 unspecified atom stereocenters. The van der Waals surface area contributed by atoms with Crippen LogP contribution in [-0.4, -0.2) is 21.3 Å². The predicted molar refractivity (Wildman–Crippen MR) is 86.0 cm³/mol. The smallest absolute Gasteiger partial charge is 0.252 e. The van der Waals surface area contributed by atoms with Crippen molar-refractivity contribution in [3.05, 3.63) is 50.3 Å². The molecule has 0 fully saturated rings. The number of aromatic nitrogens is 2. The standard InChI is InChI=1S/C14H15BrN4O2/c1-8(2)11-6-13(21)18-14(17-11)19-16-7-9-5-10(15)3-4-12(9)20/h3-8,20H,1-2H3,(H2,17,18,19,21)/b16-7-. The van der Waals surface area contributed by atoms with Crippen molar-refractivity contribution < 1.29 is 5.11 Å². The molecule has 0 aliphatic carbocycles. The van der Waals surface area contributed by atoms with Crippen molar-refractivity contribution >= 4 is 28.1 Å². The number of hydrogen-bond acceptors (Lipinski definition) is 5. The van der Waals surface area contributed by atoms with E-state index in [4.69, 9.17) is 0 Å². The summed E-state index contributed by atoms with van der Waals surface area (Å²) in [6, 6.07) is 6.47. The van der Waals surface area contributed by atoms with Crippen molar-refractivity contribution in [2.24, 2.45) is 5.10 Å². The summed E-state index contributed by atoms with van der Waals surface area (Å²) in [5.41, 5.74) is 3.64. The molecule has 1 heterocycles. The van der Waals surface area contributed by atoms with Gasteiger partial charge in [-0.25, -0.2) is 10.4 Å². The van der Waals surface area contributed by atoms with Crippen LogP contribution in [0.2, 0.25) is 0 Å². The highest BCUT2D eigenvalue weighted by Crippen LogP contribution is 2.20. The van der Waals surface area contributed by atoms with E-state index in [1.165, 1.54) is 12.3 Å². The third-order valence-corrected chi connectivity index (χ3v) is 3.21. The Morgan fingerprint density at radius 1 is 1.43 bits per heavy atom. The first-order valence-corrected chi connectivity index (χ1v) is 7.14. The second-order valence-electron chi connectivity index (χ2n) is 4.75. The number of hydrazone groups is 1. The minimum Gasteiger partial charge on any atom is -0.507 e. The van der Waals surface area contributed by atoms with Crippen molar-refractivity contribution in [1.29, 1.82) is 0 Å². The van der Waals surface area contributed by atoms with Gasteiger partial charge in [0.2, 0.25) is 5.95 Å². The van der Waals surface area contributed by atoms with Gasteiger partial charge in [0.15, 0.2) is 0 Å². The molecule has 0 amide bonds. The van der Waals surface area contributed by atoms with Gasteiger partial charge >= 0.3 is 0 Å². The van der Waals surface area contributed by atoms with E-state index in [1.54, 1.807) is 18.2 Å². The monoisotopic (exact) mass is 350 g/mol. The molecule has 3 N–H and O–H groups in total. The van der Waals surface area contributed by atoms with Crippen LogP contribution in [0.3, 0.4) is 0 Å². The third kappa shape index (κ3) is 4.16. The van der Waals surface area contributed by atoms with Gasteiger partial charge in [0.25, 0.3) is 5.56 Å². The summed E-state index contributed by atoms with van der Waals surface area (Å²) >= 11 is 3.32. The third-order valence-electron chi connectivity index (χ3n) is 2.72. The van der Waals surface area contributed by atoms with E-state index in [-0.39, 0.29) is 23.2 Å². The van der Waals surface area contributed by atoms with E-state index in [0.717, 1.165) is 4.47 Å². The molecule has 6 nitrogen and oxygen atoms in total. The van der Waals surface area contributed by atoms with Gasteiger partial charge in [-0.1, -0.05) is 29.8 Å². The maximum absolute atomic E-state index is 11.5. The molecule has 0 spiro atoms. The van der Waals surface area contributed by atoms with Crippen LogP contribution in [0.4, 0.5) is 5.95 Å². The molecule has 0 aliphatic rings. The normalized spacial score (nSPS) is 11.2. The van der Waals surface area contributed by atoms with Crippen LogP contribution in [0.15, 0.2) is 38.6 Å². The molecule has 1 aromatic heterocycles. The first-order valence-electron chi connectivity index (χ1n) is 6.34. The number of aromatic hydroxyl groups is 1. The van der Waals surface area contributed by atoms with Gasteiger partial charge in [-0.15, -0.1) is 0 Å². The fourth-order valence-electron chi connectivity index (χ4n) is 1.62. The molecule has 0 bridgehead atoms. The van der Waals surface area contributed by atoms with Crippen molar-refractivity contribution in [2.75, 3.05) is 5.43 Å². The molecule has 0 aliphatic heterocycles. The number of nitrogens with one attached hydrogen (secondary N) is 2. The highest BCUT2D eigenvalue weighted by Gasteiger charge is 2.04. The SMILES string of the molecule is CC(C)c1cc(=O)[nH]c(N/N=C\c2cc(Br)ccc2O)n1. The van der Waals surface area contributed by atoms with E-state index in [0.29, 0.717) is 11.3 Å². The summed E-state index contributed by atoms with van der Waals surface area (Å²) in [6.45, 7) is 3.91. The van der Waals surface area contributed by atoms with E-state index >= 15 is 0 Å². The van der Waals surface area contributed by atoms with Crippen LogP contribution >= 0.6 is 15.9 Å². The average molecular weight is 351 g/mol. The second-order valence-corrected chi connectivity index (χ2v) is 5.66. The Morgan fingerprint density at radius 3 is 2.90 bits per heavy atom. The lowest BCUT2D eigenvalue weighted by Gasteiger charge is -2.05. The van der Waals surface area contributed by atoms with Gasteiger partial charge in [-0.2, -0.15) is 5.10 Å². The summed E-state index contributed by atoms with van der Waals surface area (Å²) in [5, 5.41) is 13.6. The van der Waals surface area contributed by atoms with E-state index in [1.807, 2.05) is 13.8 Å². The Balaban J connectivity index is 2.18. The average Bonchev–Trinajstić information content (AvgIpc) is 2.42. The van der Waals surface area contributed by atoms with Crippen molar-refractivity contribution in [3.63, 3.8) is 0 Å². The number of halogens is 1. The number of phenols is 1. The summed E-state index contributed by atoms with van der Waals surface area (Å²) in [5.74, 6) is 0.518. The van der Waals surface area contributed by atoms with Crippen molar-refractivity contribution in [1.82, 2.24) is 9.97 Å². The van der Waals surface area contributed by atoms with Crippen LogP contribution in [0, 0.1) is 0 Å². The molecular weight excluding hydrogens is 336 g/mol. The second kappa shape index (κ2) is 6.53. The molecule has 0 saturated carbocycles. The van der Waals surface area contributed by atoms with Gasteiger partial charge in [0.1, 0.15) is 5.75 Å². The highest BCUT2D eigenvalue weighted by atomic mass is 79.9. The van der Waals surface area contributed by atoms with Crippen molar-refractivity contribution in [2.45, 2.75) is 19.8 Å². The maximum atomic E-state index is 11.5. The maximum Gasteiger partial charge on any atom is 0.252 e. The lowest BCUT2D eigenvalue weighted by molar-refractivity contribution is 0.474. The quantitative estimate of drug-likeness (QED) is 0.584. The number of benzene rings is 1. The zero-order chi connectivity index (χ0) is 15.4. The Hall–Kier alpha value is -2.15.